The van der Waals surface area contributed by atoms with Crippen molar-refractivity contribution in [1.29, 1.82) is 5.41 Å². The van der Waals surface area contributed by atoms with Crippen LogP contribution in [-0.2, 0) is 26.3 Å². The zero-order chi connectivity index (χ0) is 24.5. The minimum Gasteiger partial charge on any atom is -0.491 e. The Kier molecular flexibility index (Phi) is 8.19. The molecule has 1 aliphatic rings. The van der Waals surface area contributed by atoms with Crippen LogP contribution in [0.25, 0.3) is 0 Å². The van der Waals surface area contributed by atoms with Crippen LogP contribution in [0.1, 0.15) is 17.7 Å². The number of nitrogens with zero attached hydrogens (tertiary/aromatic N) is 3. The lowest BCUT2D eigenvalue weighted by Crippen LogP contribution is -2.43. The Hall–Kier alpha value is -3.61. The van der Waals surface area contributed by atoms with Gasteiger partial charge in [-0.15, -0.1) is 0 Å². The van der Waals surface area contributed by atoms with Gasteiger partial charge in [-0.1, -0.05) is 18.2 Å². The third-order valence-electron chi connectivity index (χ3n) is 5.47. The fraction of sp³-hybridized carbons (Fsp3) is 0.435. The number of aryl methyl sites for hydroxylation is 1. The normalized spacial score (nSPS) is 16.5. The van der Waals surface area contributed by atoms with Crippen LogP contribution in [-0.4, -0.2) is 61.4 Å². The number of nitrogens with two attached hydrogens (primary N) is 1. The van der Waals surface area contributed by atoms with Gasteiger partial charge in [-0.05, 0) is 30.2 Å². The van der Waals surface area contributed by atoms with Crippen molar-refractivity contribution >= 4 is 11.9 Å². The van der Waals surface area contributed by atoms with E-state index in [4.69, 9.17) is 34.5 Å². The second kappa shape index (κ2) is 11.7. The molecule has 188 valence electrons. The van der Waals surface area contributed by atoms with E-state index in [-0.39, 0.29) is 11.6 Å². The molecule has 5 N–H and O–H groups in total. The second-order valence-corrected chi connectivity index (χ2v) is 7.86. The van der Waals surface area contributed by atoms with Gasteiger partial charge in [0.05, 0.1) is 39.3 Å². The monoisotopic (exact) mass is 485 g/mol. The number of rotatable bonds is 14. The van der Waals surface area contributed by atoms with E-state index in [2.05, 4.69) is 20.7 Å². The van der Waals surface area contributed by atoms with Gasteiger partial charge in [0.25, 0.3) is 0 Å². The molecule has 2 aromatic heterocycles. The lowest BCUT2D eigenvalue weighted by Gasteiger charge is -2.28. The van der Waals surface area contributed by atoms with Crippen LogP contribution in [0.2, 0.25) is 0 Å². The van der Waals surface area contributed by atoms with Crippen molar-refractivity contribution in [3.05, 3.63) is 59.6 Å². The number of nitrogen functional groups attached to an aromatic ring is 1. The number of hydrogen-bond acceptors (Lipinski definition) is 11. The summed E-state index contributed by atoms with van der Waals surface area (Å²) in [5.41, 5.74) is 9.16. The summed E-state index contributed by atoms with van der Waals surface area (Å²) in [6.07, 6.45) is 2.82. The molecular formula is C23H31N7O5. The summed E-state index contributed by atoms with van der Waals surface area (Å²) in [5.74, 6) is 1.86. The van der Waals surface area contributed by atoms with E-state index < -0.39 is 5.66 Å². The number of methoxy groups -OCH3 is 1. The molecule has 0 bridgehead atoms. The van der Waals surface area contributed by atoms with E-state index in [1.165, 1.54) is 4.68 Å². The summed E-state index contributed by atoms with van der Waals surface area (Å²) in [5, 5.41) is 11.5. The Morgan fingerprint density at radius 3 is 2.57 bits per heavy atom. The highest BCUT2D eigenvalue weighted by Gasteiger charge is 2.42. The first kappa shape index (κ1) is 24.5. The zero-order valence-corrected chi connectivity index (χ0v) is 19.7. The number of aromatic nitrogens is 3. The van der Waals surface area contributed by atoms with Crippen molar-refractivity contribution in [1.82, 2.24) is 14.6 Å². The van der Waals surface area contributed by atoms with Gasteiger partial charge in [-0.3, -0.25) is 10.8 Å². The molecule has 1 aliphatic heterocycles. The Morgan fingerprint density at radius 1 is 1.03 bits per heavy atom. The van der Waals surface area contributed by atoms with Gasteiger partial charge in [-0.25, -0.2) is 0 Å². The van der Waals surface area contributed by atoms with Gasteiger partial charge in [0.15, 0.2) is 11.4 Å². The standard InChI is InChI=1S/C23H31N7O5/c1-31-11-12-32-13-14-33-15-16-34-18-6-3-2-5-17(18)8-9-23(19-7-4-10-35-19)28-22-27-20(24)26-21(25)30(22)29-23/h2-7,10,29H,8-9,11-16H2,1H3,(H4,24,25,26,27,28). The Morgan fingerprint density at radius 2 is 1.80 bits per heavy atom. The maximum Gasteiger partial charge on any atom is 0.247 e. The molecule has 12 nitrogen and oxygen atoms in total. The number of nitrogens with one attached hydrogen (secondary N) is 3. The average Bonchev–Trinajstić information content (AvgIpc) is 3.52. The topological polar surface area (TPSA) is 155 Å². The molecule has 1 unspecified atom stereocenters. The summed E-state index contributed by atoms with van der Waals surface area (Å²) >= 11 is 0. The van der Waals surface area contributed by atoms with Crippen LogP contribution in [0.15, 0.2) is 47.1 Å². The fourth-order valence-corrected chi connectivity index (χ4v) is 3.77. The number of hydrogen-bond donors (Lipinski definition) is 4. The maximum absolute atomic E-state index is 8.14. The van der Waals surface area contributed by atoms with Gasteiger partial charge < -0.3 is 34.4 Å². The van der Waals surface area contributed by atoms with Gasteiger partial charge in [0, 0.05) is 13.5 Å². The lowest BCUT2D eigenvalue weighted by atomic mass is 9.97. The Labute approximate surface area is 202 Å². The Bertz CT molecular complexity index is 1140. The fourth-order valence-electron chi connectivity index (χ4n) is 3.77. The first-order valence-electron chi connectivity index (χ1n) is 11.4. The Balaban J connectivity index is 1.36. The number of anilines is 2. The minimum absolute atomic E-state index is 0.0216. The first-order valence-corrected chi connectivity index (χ1v) is 11.4. The van der Waals surface area contributed by atoms with E-state index in [9.17, 15) is 0 Å². The minimum atomic E-state index is -0.839. The molecular weight excluding hydrogens is 454 g/mol. The molecule has 0 saturated carbocycles. The van der Waals surface area contributed by atoms with Crippen LogP contribution in [0.5, 0.6) is 5.75 Å². The highest BCUT2D eigenvalue weighted by atomic mass is 16.6. The van der Waals surface area contributed by atoms with Gasteiger partial charge in [0.2, 0.25) is 17.5 Å². The highest BCUT2D eigenvalue weighted by Crippen LogP contribution is 2.34. The number of fused-ring (bicyclic) bond motifs is 1. The smallest absolute Gasteiger partial charge is 0.247 e. The third kappa shape index (κ3) is 6.10. The average molecular weight is 486 g/mol. The summed E-state index contributed by atoms with van der Waals surface area (Å²) < 4.78 is 29.1. The molecule has 35 heavy (non-hydrogen) atoms. The van der Waals surface area contributed by atoms with Crippen molar-refractivity contribution in [2.75, 3.05) is 63.2 Å². The van der Waals surface area contributed by atoms with E-state index >= 15 is 0 Å². The molecule has 1 atom stereocenters. The molecule has 0 radical (unpaired) electrons. The van der Waals surface area contributed by atoms with Crippen molar-refractivity contribution in [2.24, 2.45) is 0 Å². The number of furan rings is 1. The number of benzene rings is 1. The molecule has 1 aromatic carbocycles. The number of para-hydroxylation sites is 1. The summed E-state index contributed by atoms with van der Waals surface area (Å²) in [7, 11) is 1.64. The summed E-state index contributed by atoms with van der Waals surface area (Å²) in [4.78, 5) is 8.13. The van der Waals surface area contributed by atoms with Crippen molar-refractivity contribution < 1.29 is 23.4 Å². The van der Waals surface area contributed by atoms with Crippen LogP contribution in [0.3, 0.4) is 0 Å². The van der Waals surface area contributed by atoms with E-state index in [1.54, 1.807) is 13.4 Å². The second-order valence-electron chi connectivity index (χ2n) is 7.86. The van der Waals surface area contributed by atoms with Gasteiger partial charge in [-0.2, -0.15) is 14.6 Å². The molecule has 0 spiro atoms. The summed E-state index contributed by atoms with van der Waals surface area (Å²) in [6, 6.07) is 11.6. The van der Waals surface area contributed by atoms with Gasteiger partial charge >= 0.3 is 0 Å². The summed E-state index contributed by atoms with van der Waals surface area (Å²) in [6.45, 7) is 3.03. The van der Waals surface area contributed by atoms with Gasteiger partial charge in [0.1, 0.15) is 12.4 Å². The molecule has 12 heteroatoms. The highest BCUT2D eigenvalue weighted by molar-refractivity contribution is 5.45. The van der Waals surface area contributed by atoms with Crippen molar-refractivity contribution in [2.45, 2.75) is 18.5 Å². The molecule has 0 amide bonds. The lowest BCUT2D eigenvalue weighted by molar-refractivity contribution is 0.0179. The largest absolute Gasteiger partial charge is 0.491 e. The molecule has 0 aliphatic carbocycles. The van der Waals surface area contributed by atoms with Crippen molar-refractivity contribution in [3.63, 3.8) is 0 Å². The number of ether oxygens (including phenoxy) is 4. The quantitative estimate of drug-likeness (QED) is 0.247. The first-order chi connectivity index (χ1) is 17.1. The molecule has 4 rings (SSSR count). The van der Waals surface area contributed by atoms with E-state index in [0.717, 1.165) is 11.3 Å². The molecule has 3 aromatic rings. The van der Waals surface area contributed by atoms with Crippen LogP contribution in [0.4, 0.5) is 11.9 Å². The third-order valence-corrected chi connectivity index (χ3v) is 5.47. The molecule has 0 fully saturated rings. The SMILES string of the molecule is COCCOCCOCCOc1ccccc1CCC1(c2ccco2)Nc2nc(N)nc(=N)n2N1. The van der Waals surface area contributed by atoms with Crippen molar-refractivity contribution in [3.8, 4) is 5.75 Å². The van der Waals surface area contributed by atoms with E-state index in [1.807, 2.05) is 36.4 Å². The predicted octanol–water partition coefficient (Wildman–Crippen LogP) is 1.45. The predicted molar refractivity (Wildman–Crippen MR) is 127 cm³/mol. The molecule has 0 saturated heterocycles. The van der Waals surface area contributed by atoms with Crippen LogP contribution in [0, 0.1) is 5.41 Å². The van der Waals surface area contributed by atoms with Crippen LogP contribution < -0.4 is 26.8 Å². The molecule has 3 heterocycles. The zero-order valence-electron chi connectivity index (χ0n) is 19.7. The van der Waals surface area contributed by atoms with E-state index in [0.29, 0.717) is 64.2 Å². The van der Waals surface area contributed by atoms with Crippen LogP contribution >= 0.6 is 0 Å². The maximum atomic E-state index is 8.14.